The van der Waals surface area contributed by atoms with E-state index >= 15 is 0 Å². The van der Waals surface area contributed by atoms with Gasteiger partial charge < -0.3 is 0 Å². The summed E-state index contributed by atoms with van der Waals surface area (Å²) in [5.74, 6) is -0.728. The van der Waals surface area contributed by atoms with Crippen molar-refractivity contribution in [1.82, 2.24) is 9.34 Å². The van der Waals surface area contributed by atoms with Crippen LogP contribution >= 0.6 is 8.10 Å². The highest BCUT2D eigenvalue weighted by molar-refractivity contribution is 7.41. The van der Waals surface area contributed by atoms with Gasteiger partial charge in [0.2, 0.25) is 11.8 Å². The SMILES string of the molecule is CN1C(=O)CC(=O)N(C)[PH]1=O. The average molecular weight is 176 g/mol. The van der Waals surface area contributed by atoms with E-state index in [1.807, 2.05) is 0 Å². The summed E-state index contributed by atoms with van der Waals surface area (Å²) < 4.78 is 13.4. The quantitative estimate of drug-likeness (QED) is 0.376. The lowest BCUT2D eigenvalue weighted by molar-refractivity contribution is -0.136. The van der Waals surface area contributed by atoms with E-state index in [4.69, 9.17) is 0 Å². The Bertz CT molecular complexity index is 218. The highest BCUT2D eigenvalue weighted by Crippen LogP contribution is 2.33. The maximum Gasteiger partial charge on any atom is 0.255 e. The van der Waals surface area contributed by atoms with Gasteiger partial charge in [-0.25, -0.2) is 0 Å². The topological polar surface area (TPSA) is 57.7 Å². The van der Waals surface area contributed by atoms with Crippen molar-refractivity contribution in [3.63, 3.8) is 0 Å². The molecule has 0 bridgehead atoms. The van der Waals surface area contributed by atoms with Crippen LogP contribution in [0, 0.1) is 0 Å². The van der Waals surface area contributed by atoms with Gasteiger partial charge in [0.05, 0.1) is 0 Å². The monoisotopic (exact) mass is 176 g/mol. The van der Waals surface area contributed by atoms with Crippen molar-refractivity contribution in [3.05, 3.63) is 0 Å². The fraction of sp³-hybridized carbons (Fsp3) is 0.600. The number of carbonyl (C=O) groups is 2. The number of hydrogen-bond donors (Lipinski definition) is 0. The largest absolute Gasteiger partial charge is 0.282 e. The zero-order chi connectivity index (χ0) is 8.59. The molecule has 0 radical (unpaired) electrons. The molecular formula is C5H9N2O3P. The molecular weight excluding hydrogens is 167 g/mol. The zero-order valence-electron chi connectivity index (χ0n) is 6.33. The Morgan fingerprint density at radius 3 is 1.91 bits per heavy atom. The molecule has 0 atom stereocenters. The van der Waals surface area contributed by atoms with Crippen LogP contribution in [0.25, 0.3) is 0 Å². The van der Waals surface area contributed by atoms with E-state index in [2.05, 4.69) is 0 Å². The van der Waals surface area contributed by atoms with Gasteiger partial charge in [0.15, 0.2) is 0 Å². The van der Waals surface area contributed by atoms with Crippen LogP contribution in [-0.2, 0) is 14.2 Å². The summed E-state index contributed by atoms with van der Waals surface area (Å²) in [5, 5.41) is 0. The highest BCUT2D eigenvalue weighted by atomic mass is 31.1. The third-order valence-electron chi connectivity index (χ3n) is 1.62. The van der Waals surface area contributed by atoms with E-state index in [9.17, 15) is 14.2 Å². The number of carbonyl (C=O) groups excluding carboxylic acids is 2. The fourth-order valence-electron chi connectivity index (χ4n) is 0.805. The van der Waals surface area contributed by atoms with E-state index in [-0.39, 0.29) is 18.2 Å². The maximum absolute atomic E-state index is 11.1. The van der Waals surface area contributed by atoms with E-state index < -0.39 is 8.10 Å². The minimum atomic E-state index is -2.33. The first kappa shape index (κ1) is 8.27. The molecule has 1 heterocycles. The average Bonchev–Trinajstić information content (AvgIpc) is 1.97. The van der Waals surface area contributed by atoms with Gasteiger partial charge in [-0.3, -0.25) is 23.5 Å². The summed E-state index contributed by atoms with van der Waals surface area (Å²) in [4.78, 5) is 21.7. The van der Waals surface area contributed by atoms with Gasteiger partial charge in [0, 0.05) is 14.1 Å². The molecule has 0 aromatic rings. The van der Waals surface area contributed by atoms with Gasteiger partial charge in [0.25, 0.3) is 8.10 Å². The summed E-state index contributed by atoms with van der Waals surface area (Å²) in [6.45, 7) is 0. The van der Waals surface area contributed by atoms with Crippen LogP contribution in [0.3, 0.4) is 0 Å². The Balaban J connectivity index is 2.87. The first-order chi connectivity index (χ1) is 5.04. The summed E-state index contributed by atoms with van der Waals surface area (Å²) in [7, 11) is 0.546. The molecule has 0 spiro atoms. The van der Waals surface area contributed by atoms with Crippen LogP contribution in [0.15, 0.2) is 0 Å². The molecule has 0 unspecified atom stereocenters. The lowest BCUT2D eigenvalue weighted by Crippen LogP contribution is -2.37. The van der Waals surface area contributed by atoms with Crippen molar-refractivity contribution >= 4 is 19.9 Å². The highest BCUT2D eigenvalue weighted by Gasteiger charge is 2.30. The zero-order valence-corrected chi connectivity index (χ0v) is 7.33. The summed E-state index contributed by atoms with van der Waals surface area (Å²) in [6.07, 6.45) is -0.163. The standard InChI is InChI=1S/C5H9N2O3P/c1-6-4(8)3-5(9)7(2)11(6)10/h11H,3H2,1-2H3. The van der Waals surface area contributed by atoms with Crippen LogP contribution in [0.5, 0.6) is 0 Å². The molecule has 11 heavy (non-hydrogen) atoms. The van der Waals surface area contributed by atoms with Gasteiger partial charge in [-0.15, -0.1) is 0 Å². The summed E-state index contributed by atoms with van der Waals surface area (Å²) >= 11 is 0. The van der Waals surface area contributed by atoms with Crippen molar-refractivity contribution in [2.45, 2.75) is 6.42 Å². The van der Waals surface area contributed by atoms with Crippen molar-refractivity contribution in [3.8, 4) is 0 Å². The Morgan fingerprint density at radius 2 is 1.55 bits per heavy atom. The van der Waals surface area contributed by atoms with Gasteiger partial charge in [-0.2, -0.15) is 0 Å². The van der Waals surface area contributed by atoms with Crippen molar-refractivity contribution in [2.75, 3.05) is 14.1 Å². The predicted octanol–water partition coefficient (Wildman–Crippen LogP) is -0.303. The second kappa shape index (κ2) is 2.66. The summed E-state index contributed by atoms with van der Waals surface area (Å²) in [6, 6.07) is 0. The fourth-order valence-corrected chi connectivity index (χ4v) is 1.84. The van der Waals surface area contributed by atoms with Gasteiger partial charge in [-0.05, 0) is 0 Å². The molecule has 62 valence electrons. The molecule has 0 aromatic heterocycles. The number of hydrogen-bond acceptors (Lipinski definition) is 3. The Hall–Kier alpha value is -0.830. The Morgan fingerprint density at radius 1 is 1.18 bits per heavy atom. The van der Waals surface area contributed by atoms with Crippen LogP contribution in [0.2, 0.25) is 0 Å². The minimum absolute atomic E-state index is 0.163. The lowest BCUT2D eigenvalue weighted by Gasteiger charge is -2.28. The van der Waals surface area contributed by atoms with Crippen molar-refractivity contribution in [1.29, 1.82) is 0 Å². The van der Waals surface area contributed by atoms with Gasteiger partial charge in [0.1, 0.15) is 6.42 Å². The second-order valence-electron chi connectivity index (χ2n) is 2.36. The second-order valence-corrected chi connectivity index (χ2v) is 4.27. The molecule has 1 fully saturated rings. The molecule has 1 aliphatic rings. The molecule has 2 amide bonds. The third kappa shape index (κ3) is 1.28. The minimum Gasteiger partial charge on any atom is -0.282 e. The Kier molecular flexibility index (Phi) is 2.00. The molecule has 1 saturated heterocycles. The molecule has 0 N–H and O–H groups in total. The lowest BCUT2D eigenvalue weighted by atomic mass is 10.4. The number of nitrogens with zero attached hydrogens (tertiary/aromatic N) is 2. The first-order valence-corrected chi connectivity index (χ1v) is 4.41. The van der Waals surface area contributed by atoms with Crippen molar-refractivity contribution < 1.29 is 14.2 Å². The van der Waals surface area contributed by atoms with E-state index in [1.165, 1.54) is 14.1 Å². The maximum atomic E-state index is 11.1. The summed E-state index contributed by atoms with van der Waals surface area (Å²) in [5.41, 5.74) is 0. The number of amides is 2. The smallest absolute Gasteiger partial charge is 0.255 e. The van der Waals surface area contributed by atoms with E-state index in [1.54, 1.807) is 0 Å². The normalized spacial score (nSPS) is 21.3. The van der Waals surface area contributed by atoms with Crippen LogP contribution in [0.1, 0.15) is 6.42 Å². The molecule has 6 heteroatoms. The van der Waals surface area contributed by atoms with Crippen LogP contribution < -0.4 is 0 Å². The molecule has 0 saturated carbocycles. The van der Waals surface area contributed by atoms with Gasteiger partial charge >= 0.3 is 0 Å². The van der Waals surface area contributed by atoms with E-state index in [0.717, 1.165) is 9.34 Å². The molecule has 1 aliphatic heterocycles. The van der Waals surface area contributed by atoms with E-state index in [0.29, 0.717) is 0 Å². The number of rotatable bonds is 0. The third-order valence-corrected chi connectivity index (χ3v) is 3.27. The molecule has 0 aromatic carbocycles. The Labute approximate surface area is 64.9 Å². The van der Waals surface area contributed by atoms with Crippen molar-refractivity contribution in [2.24, 2.45) is 0 Å². The molecule has 5 nitrogen and oxygen atoms in total. The first-order valence-electron chi connectivity index (χ1n) is 3.11. The predicted molar refractivity (Wildman–Crippen MR) is 39.2 cm³/mol. The molecule has 1 rings (SSSR count). The van der Waals surface area contributed by atoms with Crippen LogP contribution in [0.4, 0.5) is 0 Å². The molecule has 0 aliphatic carbocycles. The van der Waals surface area contributed by atoms with Gasteiger partial charge in [-0.1, -0.05) is 0 Å². The van der Waals surface area contributed by atoms with Crippen LogP contribution in [-0.4, -0.2) is 35.3 Å².